The minimum absolute atomic E-state index is 0.0814. The molecular formula is C23H22N2O3. The first-order valence-electron chi connectivity index (χ1n) is 9.21. The molecule has 1 amide bonds. The smallest absolute Gasteiger partial charge is 0.227 e. The second kappa shape index (κ2) is 7.64. The van der Waals surface area contributed by atoms with Gasteiger partial charge in [0.15, 0.2) is 11.5 Å². The van der Waals surface area contributed by atoms with Crippen LogP contribution in [0.2, 0.25) is 0 Å². The monoisotopic (exact) mass is 374 g/mol. The lowest BCUT2D eigenvalue weighted by atomic mass is 9.98. The number of benzene rings is 3. The summed E-state index contributed by atoms with van der Waals surface area (Å²) >= 11 is 0. The Labute approximate surface area is 164 Å². The molecule has 0 bridgehead atoms. The lowest BCUT2D eigenvalue weighted by Gasteiger charge is -2.18. The van der Waals surface area contributed by atoms with Crippen molar-refractivity contribution in [3.63, 3.8) is 0 Å². The van der Waals surface area contributed by atoms with Gasteiger partial charge in [-0.2, -0.15) is 0 Å². The van der Waals surface area contributed by atoms with Crippen LogP contribution in [0.5, 0.6) is 17.2 Å². The molecule has 1 unspecified atom stereocenters. The molecule has 0 radical (unpaired) electrons. The number of hydrogen-bond donors (Lipinski definition) is 1. The molecule has 1 aliphatic rings. The van der Waals surface area contributed by atoms with Crippen molar-refractivity contribution in [2.24, 2.45) is 0 Å². The summed E-state index contributed by atoms with van der Waals surface area (Å²) in [5.74, 6) is 2.21. The van der Waals surface area contributed by atoms with Crippen LogP contribution in [0.4, 0.5) is 11.4 Å². The van der Waals surface area contributed by atoms with Crippen LogP contribution in [-0.2, 0) is 4.79 Å². The lowest BCUT2D eigenvalue weighted by Crippen LogP contribution is -2.24. The van der Waals surface area contributed by atoms with Crippen LogP contribution in [0.25, 0.3) is 0 Å². The number of carbonyl (C=O) groups excluding carboxylic acids is 1. The third-order valence-electron chi connectivity index (χ3n) is 4.94. The Bertz CT molecular complexity index is 988. The molecule has 28 heavy (non-hydrogen) atoms. The van der Waals surface area contributed by atoms with Gasteiger partial charge >= 0.3 is 0 Å². The fraction of sp³-hybridized carbons (Fsp3) is 0.174. The second-order valence-corrected chi connectivity index (χ2v) is 6.83. The minimum atomic E-state index is 0.0814. The Morgan fingerprint density at radius 2 is 1.79 bits per heavy atom. The van der Waals surface area contributed by atoms with Crippen LogP contribution in [-0.4, -0.2) is 19.6 Å². The average Bonchev–Trinajstić information content (AvgIpc) is 3.10. The number of methoxy groups -OCH3 is 1. The summed E-state index contributed by atoms with van der Waals surface area (Å²) in [6, 6.07) is 22.9. The summed E-state index contributed by atoms with van der Waals surface area (Å²) < 4.78 is 11.5. The van der Waals surface area contributed by atoms with Gasteiger partial charge in [-0.25, -0.2) is 0 Å². The summed E-state index contributed by atoms with van der Waals surface area (Å²) in [7, 11) is 1.62. The topological polar surface area (TPSA) is 64.8 Å². The van der Waals surface area contributed by atoms with Gasteiger partial charge in [-0.1, -0.05) is 30.3 Å². The van der Waals surface area contributed by atoms with Crippen LogP contribution in [0, 0.1) is 0 Å². The first-order valence-corrected chi connectivity index (χ1v) is 9.21. The van der Waals surface area contributed by atoms with Gasteiger partial charge < -0.3 is 20.1 Å². The maximum absolute atomic E-state index is 12.6. The van der Waals surface area contributed by atoms with Gasteiger partial charge in [0.2, 0.25) is 5.91 Å². The Hall–Kier alpha value is -3.47. The van der Waals surface area contributed by atoms with Crippen molar-refractivity contribution in [3.05, 3.63) is 78.4 Å². The van der Waals surface area contributed by atoms with E-state index in [0.717, 1.165) is 17.0 Å². The summed E-state index contributed by atoms with van der Waals surface area (Å²) in [5, 5.41) is 0. The van der Waals surface area contributed by atoms with Crippen molar-refractivity contribution < 1.29 is 14.3 Å². The van der Waals surface area contributed by atoms with E-state index in [2.05, 4.69) is 0 Å². The van der Waals surface area contributed by atoms with Crippen molar-refractivity contribution in [3.8, 4) is 17.2 Å². The molecule has 1 atom stereocenters. The number of nitrogens with zero attached hydrogens (tertiary/aromatic N) is 1. The Balaban J connectivity index is 1.59. The molecule has 5 nitrogen and oxygen atoms in total. The summed E-state index contributed by atoms with van der Waals surface area (Å²) in [5.41, 5.74) is 8.41. The third kappa shape index (κ3) is 3.64. The van der Waals surface area contributed by atoms with Crippen LogP contribution >= 0.6 is 0 Å². The number of ether oxygens (including phenoxy) is 2. The number of hydrogen-bond acceptors (Lipinski definition) is 4. The minimum Gasteiger partial charge on any atom is -0.493 e. The van der Waals surface area contributed by atoms with Gasteiger partial charge in [0, 0.05) is 30.3 Å². The number of nitrogen functional groups attached to an aromatic ring is 1. The molecule has 0 saturated carbocycles. The van der Waals surface area contributed by atoms with Gasteiger partial charge in [-0.15, -0.1) is 0 Å². The van der Waals surface area contributed by atoms with Gasteiger partial charge in [0.25, 0.3) is 0 Å². The third-order valence-corrected chi connectivity index (χ3v) is 4.94. The molecular weight excluding hydrogens is 352 g/mol. The number of carbonyl (C=O) groups is 1. The highest BCUT2D eigenvalue weighted by molar-refractivity contribution is 5.96. The molecule has 1 fully saturated rings. The zero-order valence-electron chi connectivity index (χ0n) is 15.7. The van der Waals surface area contributed by atoms with E-state index in [1.54, 1.807) is 12.0 Å². The molecule has 2 N–H and O–H groups in total. The quantitative estimate of drug-likeness (QED) is 0.664. The summed E-state index contributed by atoms with van der Waals surface area (Å²) in [6.07, 6.45) is 0.450. The second-order valence-electron chi connectivity index (χ2n) is 6.83. The van der Waals surface area contributed by atoms with Gasteiger partial charge in [0.05, 0.1) is 7.11 Å². The SMILES string of the molecule is COc1ccc(C2CC(=O)N(c3cccc(N)c3)C2)cc1Oc1ccccc1. The Morgan fingerprint density at radius 3 is 2.54 bits per heavy atom. The van der Waals surface area contributed by atoms with Crippen LogP contribution < -0.4 is 20.1 Å². The number of nitrogens with two attached hydrogens (primary N) is 1. The molecule has 3 aromatic carbocycles. The number of amides is 1. The van der Waals surface area contributed by atoms with E-state index < -0.39 is 0 Å². The standard InChI is InChI=1S/C23H22N2O3/c1-27-21-11-10-16(12-22(21)28-20-8-3-2-4-9-20)17-13-23(26)25(15-17)19-7-5-6-18(24)14-19/h2-12,14,17H,13,15,24H2,1H3. The molecule has 1 heterocycles. The van der Waals surface area contributed by atoms with Crippen LogP contribution in [0.15, 0.2) is 72.8 Å². The largest absolute Gasteiger partial charge is 0.493 e. The molecule has 4 rings (SSSR count). The highest BCUT2D eigenvalue weighted by Crippen LogP contribution is 2.38. The zero-order valence-corrected chi connectivity index (χ0v) is 15.7. The summed E-state index contributed by atoms with van der Waals surface area (Å²) in [6.45, 7) is 0.611. The van der Waals surface area contributed by atoms with Gasteiger partial charge in [-0.3, -0.25) is 4.79 Å². The fourth-order valence-corrected chi connectivity index (χ4v) is 3.52. The molecule has 5 heteroatoms. The van der Waals surface area contributed by atoms with E-state index in [1.165, 1.54) is 0 Å². The molecule has 1 aliphatic heterocycles. The van der Waals surface area contributed by atoms with Crippen molar-refractivity contribution in [2.75, 3.05) is 24.3 Å². The average molecular weight is 374 g/mol. The molecule has 3 aromatic rings. The maximum Gasteiger partial charge on any atom is 0.227 e. The molecule has 1 saturated heterocycles. The van der Waals surface area contributed by atoms with Crippen LogP contribution in [0.3, 0.4) is 0 Å². The van der Waals surface area contributed by atoms with Crippen molar-refractivity contribution >= 4 is 17.3 Å². The zero-order chi connectivity index (χ0) is 19.5. The fourth-order valence-electron chi connectivity index (χ4n) is 3.52. The molecule has 142 valence electrons. The highest BCUT2D eigenvalue weighted by atomic mass is 16.5. The predicted molar refractivity (Wildman–Crippen MR) is 110 cm³/mol. The first-order chi connectivity index (χ1) is 13.6. The van der Waals surface area contributed by atoms with E-state index in [9.17, 15) is 4.79 Å². The Kier molecular flexibility index (Phi) is 4.89. The van der Waals surface area contributed by atoms with E-state index in [4.69, 9.17) is 15.2 Å². The molecule has 0 aromatic heterocycles. The number of anilines is 2. The van der Waals surface area contributed by atoms with E-state index in [0.29, 0.717) is 30.2 Å². The molecule has 0 aliphatic carbocycles. The molecule has 0 spiro atoms. The maximum atomic E-state index is 12.6. The van der Waals surface area contributed by atoms with E-state index in [1.807, 2.05) is 72.8 Å². The van der Waals surface area contributed by atoms with Crippen molar-refractivity contribution in [2.45, 2.75) is 12.3 Å². The number of para-hydroxylation sites is 1. The Morgan fingerprint density at radius 1 is 0.964 bits per heavy atom. The highest BCUT2D eigenvalue weighted by Gasteiger charge is 2.32. The van der Waals surface area contributed by atoms with E-state index >= 15 is 0 Å². The lowest BCUT2D eigenvalue weighted by molar-refractivity contribution is -0.117. The normalized spacial score (nSPS) is 16.2. The summed E-state index contributed by atoms with van der Waals surface area (Å²) in [4.78, 5) is 14.4. The first kappa shape index (κ1) is 17.9. The van der Waals surface area contributed by atoms with Gasteiger partial charge in [-0.05, 0) is 48.0 Å². The van der Waals surface area contributed by atoms with Crippen molar-refractivity contribution in [1.29, 1.82) is 0 Å². The van der Waals surface area contributed by atoms with Crippen molar-refractivity contribution in [1.82, 2.24) is 0 Å². The number of rotatable bonds is 5. The van der Waals surface area contributed by atoms with Crippen LogP contribution in [0.1, 0.15) is 17.9 Å². The predicted octanol–water partition coefficient (Wildman–Crippen LogP) is 4.59. The van der Waals surface area contributed by atoms with Gasteiger partial charge in [0.1, 0.15) is 5.75 Å². The van der Waals surface area contributed by atoms with E-state index in [-0.39, 0.29) is 11.8 Å².